The molecule has 1 aliphatic heterocycles. The van der Waals surface area contributed by atoms with Gasteiger partial charge in [0.1, 0.15) is 11.3 Å². The molecule has 30 heavy (non-hydrogen) atoms. The maximum absolute atomic E-state index is 13.2. The van der Waals surface area contributed by atoms with E-state index in [1.165, 1.54) is 4.90 Å². The number of hydrogen-bond donors (Lipinski definition) is 2. The molecule has 0 atom stereocenters. The Labute approximate surface area is 179 Å². The Bertz CT molecular complexity index is 1210. The molecule has 1 aromatic heterocycles. The highest BCUT2D eigenvalue weighted by Gasteiger charge is 2.34. The van der Waals surface area contributed by atoms with Gasteiger partial charge < -0.3 is 9.67 Å². The summed E-state index contributed by atoms with van der Waals surface area (Å²) in [7, 11) is 0. The van der Waals surface area contributed by atoms with Gasteiger partial charge in [-0.2, -0.15) is 0 Å². The number of aromatic nitrogens is 1. The number of aromatic hydroxyl groups is 1. The average Bonchev–Trinajstić information content (AvgIpc) is 3.16. The molecule has 2 aromatic carbocycles. The van der Waals surface area contributed by atoms with Crippen molar-refractivity contribution in [3.63, 3.8) is 0 Å². The molecule has 0 radical (unpaired) electrons. The molecule has 150 valence electrons. The van der Waals surface area contributed by atoms with Crippen LogP contribution in [-0.2, 0) is 9.59 Å². The van der Waals surface area contributed by atoms with E-state index in [2.05, 4.69) is 5.32 Å². The fraction of sp³-hybridized carbons (Fsp3) is 0.0870. The molecule has 0 bridgehead atoms. The smallest absolute Gasteiger partial charge is 0.270 e. The molecule has 2 N–H and O–H groups in total. The first-order valence-electron chi connectivity index (χ1n) is 9.30. The van der Waals surface area contributed by atoms with Gasteiger partial charge in [-0.3, -0.25) is 19.8 Å². The van der Waals surface area contributed by atoms with Crippen molar-refractivity contribution in [2.45, 2.75) is 13.8 Å². The molecular weight excluding hydrogens is 398 g/mol. The lowest BCUT2D eigenvalue weighted by atomic mass is 10.1. The summed E-state index contributed by atoms with van der Waals surface area (Å²) in [5.41, 5.74) is 4.14. The summed E-state index contributed by atoms with van der Waals surface area (Å²) in [6, 6.07) is 15.8. The summed E-state index contributed by atoms with van der Waals surface area (Å²) in [5, 5.41) is 12.2. The Morgan fingerprint density at radius 1 is 0.967 bits per heavy atom. The summed E-state index contributed by atoms with van der Waals surface area (Å²) < 4.78 is 1.82. The number of rotatable bonds is 3. The number of nitrogens with zero attached hydrogens (tertiary/aromatic N) is 2. The summed E-state index contributed by atoms with van der Waals surface area (Å²) in [6.45, 7) is 3.94. The molecule has 3 aromatic rings. The molecule has 2 amide bonds. The van der Waals surface area contributed by atoms with Crippen LogP contribution < -0.4 is 10.2 Å². The van der Waals surface area contributed by atoms with Gasteiger partial charge in [0, 0.05) is 17.6 Å². The fourth-order valence-electron chi connectivity index (χ4n) is 3.26. The first-order chi connectivity index (χ1) is 14.3. The number of aryl methyl sites for hydroxylation is 2. The number of hydrogen-bond acceptors (Lipinski definition) is 4. The third kappa shape index (κ3) is 3.51. The third-order valence-corrected chi connectivity index (χ3v) is 5.34. The number of nitrogens with one attached hydrogen (secondary N) is 1. The Balaban J connectivity index is 1.74. The second-order valence-electron chi connectivity index (χ2n) is 7.05. The van der Waals surface area contributed by atoms with Crippen LogP contribution in [0, 0.1) is 13.8 Å². The zero-order chi connectivity index (χ0) is 21.4. The van der Waals surface area contributed by atoms with Crippen molar-refractivity contribution in [1.29, 1.82) is 0 Å². The van der Waals surface area contributed by atoms with Gasteiger partial charge in [0.05, 0.1) is 5.69 Å². The van der Waals surface area contributed by atoms with Gasteiger partial charge in [-0.15, -0.1) is 0 Å². The summed E-state index contributed by atoms with van der Waals surface area (Å²) >= 11 is 5.27. The van der Waals surface area contributed by atoms with E-state index in [4.69, 9.17) is 12.2 Å². The van der Waals surface area contributed by atoms with E-state index in [1.807, 2.05) is 42.8 Å². The minimum absolute atomic E-state index is 0.0134. The normalized spacial score (nSPS) is 15.6. The molecule has 6 nitrogen and oxygen atoms in total. The molecular formula is C23H19N3O3S. The zero-order valence-electron chi connectivity index (χ0n) is 16.4. The van der Waals surface area contributed by atoms with E-state index in [0.717, 1.165) is 16.8 Å². The van der Waals surface area contributed by atoms with E-state index >= 15 is 0 Å². The van der Waals surface area contributed by atoms with E-state index < -0.39 is 11.8 Å². The molecule has 4 rings (SSSR count). The number of benzene rings is 2. The highest BCUT2D eigenvalue weighted by Crippen LogP contribution is 2.25. The molecule has 0 saturated carbocycles. The van der Waals surface area contributed by atoms with Crippen molar-refractivity contribution in [3.05, 3.63) is 83.2 Å². The lowest BCUT2D eigenvalue weighted by molar-refractivity contribution is -0.122. The summed E-state index contributed by atoms with van der Waals surface area (Å²) in [4.78, 5) is 27.1. The van der Waals surface area contributed by atoms with Crippen LogP contribution in [0.15, 0.2) is 66.4 Å². The SMILES string of the molecule is Cc1ccc(N2C(=O)C(=Cc3cccn3-c3ccc(O)cc3)C(=O)NC2=S)cc1C. The monoisotopic (exact) mass is 417 g/mol. The standard InChI is InChI=1S/C23H19N3O3S/c1-14-5-6-18(12-15(14)2)26-22(29)20(21(28)24-23(26)30)13-17-4-3-11-25(17)16-7-9-19(27)10-8-16/h3-13,27H,1-2H3,(H,24,28,30). The summed E-state index contributed by atoms with van der Waals surface area (Å²) in [5.74, 6) is -0.862. The maximum Gasteiger partial charge on any atom is 0.270 e. The van der Waals surface area contributed by atoms with Gasteiger partial charge in [-0.25, -0.2) is 0 Å². The number of anilines is 1. The second kappa shape index (κ2) is 7.61. The molecule has 0 unspecified atom stereocenters. The van der Waals surface area contributed by atoms with Crippen LogP contribution in [0.1, 0.15) is 16.8 Å². The van der Waals surface area contributed by atoms with Crippen molar-refractivity contribution < 1.29 is 14.7 Å². The van der Waals surface area contributed by atoms with Crippen LogP contribution in [-0.4, -0.2) is 26.6 Å². The molecule has 1 saturated heterocycles. The predicted octanol–water partition coefficient (Wildman–Crippen LogP) is 3.63. The third-order valence-electron chi connectivity index (χ3n) is 5.05. The Morgan fingerprint density at radius 3 is 2.37 bits per heavy atom. The lowest BCUT2D eigenvalue weighted by Gasteiger charge is -2.29. The van der Waals surface area contributed by atoms with E-state index in [-0.39, 0.29) is 16.4 Å². The largest absolute Gasteiger partial charge is 0.508 e. The number of phenolic OH excluding ortho intramolecular Hbond substituents is 1. The van der Waals surface area contributed by atoms with Crippen molar-refractivity contribution in [2.24, 2.45) is 0 Å². The van der Waals surface area contributed by atoms with Gasteiger partial charge in [-0.05, 0) is 91.8 Å². The van der Waals surface area contributed by atoms with Gasteiger partial charge in [-0.1, -0.05) is 6.07 Å². The Hall–Kier alpha value is -3.71. The van der Waals surface area contributed by atoms with Gasteiger partial charge in [0.2, 0.25) is 0 Å². The molecule has 0 aliphatic carbocycles. The number of amides is 2. The van der Waals surface area contributed by atoms with Gasteiger partial charge in [0.25, 0.3) is 11.8 Å². The van der Waals surface area contributed by atoms with Crippen LogP contribution in [0.25, 0.3) is 11.8 Å². The van der Waals surface area contributed by atoms with E-state index in [9.17, 15) is 14.7 Å². The second-order valence-corrected chi connectivity index (χ2v) is 7.43. The first kappa shape index (κ1) is 19.6. The predicted molar refractivity (Wildman–Crippen MR) is 120 cm³/mol. The van der Waals surface area contributed by atoms with Crippen molar-refractivity contribution in [3.8, 4) is 11.4 Å². The molecule has 1 aliphatic rings. The molecule has 0 spiro atoms. The highest BCUT2D eigenvalue weighted by atomic mass is 32.1. The van der Waals surface area contributed by atoms with Crippen LogP contribution in [0.3, 0.4) is 0 Å². The molecule has 2 heterocycles. The minimum atomic E-state index is -0.538. The van der Waals surface area contributed by atoms with Crippen LogP contribution in [0.5, 0.6) is 5.75 Å². The lowest BCUT2D eigenvalue weighted by Crippen LogP contribution is -2.54. The zero-order valence-corrected chi connectivity index (χ0v) is 17.2. The molecule has 7 heteroatoms. The van der Waals surface area contributed by atoms with E-state index in [0.29, 0.717) is 11.4 Å². The van der Waals surface area contributed by atoms with Crippen molar-refractivity contribution in [1.82, 2.24) is 9.88 Å². The van der Waals surface area contributed by atoms with Crippen molar-refractivity contribution >= 4 is 40.9 Å². The van der Waals surface area contributed by atoms with Crippen LogP contribution >= 0.6 is 12.2 Å². The first-order valence-corrected chi connectivity index (χ1v) is 9.71. The van der Waals surface area contributed by atoms with Crippen LogP contribution in [0.2, 0.25) is 0 Å². The Kier molecular flexibility index (Phi) is 4.97. The highest BCUT2D eigenvalue weighted by molar-refractivity contribution is 7.80. The number of carbonyl (C=O) groups excluding carboxylic acids is 2. The van der Waals surface area contributed by atoms with Crippen LogP contribution in [0.4, 0.5) is 5.69 Å². The van der Waals surface area contributed by atoms with Crippen molar-refractivity contribution in [2.75, 3.05) is 4.90 Å². The van der Waals surface area contributed by atoms with Gasteiger partial charge in [0.15, 0.2) is 5.11 Å². The quantitative estimate of drug-likeness (QED) is 0.388. The number of carbonyl (C=O) groups is 2. The van der Waals surface area contributed by atoms with Gasteiger partial charge >= 0.3 is 0 Å². The number of phenols is 1. The molecule has 1 fully saturated rings. The topological polar surface area (TPSA) is 74.6 Å². The fourth-order valence-corrected chi connectivity index (χ4v) is 3.55. The average molecular weight is 417 g/mol. The summed E-state index contributed by atoms with van der Waals surface area (Å²) in [6.07, 6.45) is 3.36. The van der Waals surface area contributed by atoms with E-state index in [1.54, 1.807) is 42.5 Å². The maximum atomic E-state index is 13.2. The Morgan fingerprint density at radius 2 is 1.67 bits per heavy atom. The number of thiocarbonyl (C=S) groups is 1. The minimum Gasteiger partial charge on any atom is -0.508 e.